The van der Waals surface area contributed by atoms with Gasteiger partial charge in [0, 0.05) is 25.0 Å². The Bertz CT molecular complexity index is 512. The molecule has 0 spiro atoms. The van der Waals surface area contributed by atoms with Gasteiger partial charge in [-0.25, -0.2) is 4.98 Å². The molecular weight excluding hydrogens is 406 g/mol. The molecule has 1 saturated heterocycles. The van der Waals surface area contributed by atoms with Crippen molar-refractivity contribution in [3.63, 3.8) is 0 Å². The van der Waals surface area contributed by atoms with Crippen molar-refractivity contribution in [3.8, 4) is 0 Å². The van der Waals surface area contributed by atoms with Gasteiger partial charge >= 0.3 is 0 Å². The van der Waals surface area contributed by atoms with Gasteiger partial charge in [0.1, 0.15) is 6.10 Å². The highest BCUT2D eigenvalue weighted by atomic mass is 79.9. The molecule has 7 heteroatoms. The first-order valence-electron chi connectivity index (χ1n) is 8.71. The fraction of sp³-hybridized carbons (Fsp3) is 0.824. The predicted octanol–water partition coefficient (Wildman–Crippen LogP) is 5.90. The summed E-state index contributed by atoms with van der Waals surface area (Å²) in [5, 5.41) is 2.28. The minimum atomic E-state index is -1.73. The monoisotopic (exact) mass is 435 g/mol. The third-order valence-electron chi connectivity index (χ3n) is 4.93. The second kappa shape index (κ2) is 8.73. The van der Waals surface area contributed by atoms with Crippen LogP contribution in [0.5, 0.6) is 0 Å². The number of halogens is 1. The molecule has 138 valence electrons. The summed E-state index contributed by atoms with van der Waals surface area (Å²) >= 11 is 5.04. The van der Waals surface area contributed by atoms with Gasteiger partial charge in [-0.15, -0.1) is 11.3 Å². The van der Waals surface area contributed by atoms with Crippen LogP contribution in [0.1, 0.15) is 58.3 Å². The van der Waals surface area contributed by atoms with E-state index in [1.165, 1.54) is 6.42 Å². The Morgan fingerprint density at radius 1 is 1.42 bits per heavy atom. The lowest BCUT2D eigenvalue weighted by atomic mass is 10.2. The summed E-state index contributed by atoms with van der Waals surface area (Å²) in [5.74, 6) is 0. The van der Waals surface area contributed by atoms with Crippen molar-refractivity contribution in [2.24, 2.45) is 0 Å². The summed E-state index contributed by atoms with van der Waals surface area (Å²) < 4.78 is 19.2. The van der Waals surface area contributed by atoms with Crippen LogP contribution in [0.4, 0.5) is 0 Å². The first-order chi connectivity index (χ1) is 11.2. The zero-order valence-electron chi connectivity index (χ0n) is 15.4. The molecule has 1 aliphatic rings. The maximum atomic E-state index is 6.32. The number of aromatic nitrogens is 1. The van der Waals surface area contributed by atoms with E-state index in [0.717, 1.165) is 35.5 Å². The largest absolute Gasteiger partial charge is 0.417 e. The Balaban J connectivity index is 1.95. The number of ether oxygens (including phenoxy) is 2. The van der Waals surface area contributed by atoms with Crippen LogP contribution >= 0.6 is 27.3 Å². The maximum Gasteiger partial charge on any atom is 0.191 e. The molecule has 24 heavy (non-hydrogen) atoms. The Morgan fingerprint density at radius 3 is 2.71 bits per heavy atom. The highest BCUT2D eigenvalue weighted by Gasteiger charge is 2.37. The molecule has 0 bridgehead atoms. The quantitative estimate of drug-likeness (QED) is 0.499. The van der Waals surface area contributed by atoms with E-state index in [0.29, 0.717) is 6.61 Å². The minimum absolute atomic E-state index is 0.0691. The van der Waals surface area contributed by atoms with E-state index in [9.17, 15) is 0 Å². The maximum absolute atomic E-state index is 6.32. The molecule has 0 amide bonds. The first kappa shape index (κ1) is 20.5. The molecule has 2 unspecified atom stereocenters. The van der Waals surface area contributed by atoms with E-state index in [1.807, 2.05) is 0 Å². The van der Waals surface area contributed by atoms with E-state index in [2.05, 4.69) is 60.2 Å². The Morgan fingerprint density at radius 2 is 2.17 bits per heavy atom. The van der Waals surface area contributed by atoms with Crippen LogP contribution in [0.2, 0.25) is 18.1 Å². The van der Waals surface area contributed by atoms with Crippen molar-refractivity contribution in [1.82, 2.24) is 4.98 Å². The Hall–Kier alpha value is 0.207. The molecular formula is C17H30BrNO3SSi. The van der Waals surface area contributed by atoms with Crippen molar-refractivity contribution in [2.75, 3.05) is 13.2 Å². The van der Waals surface area contributed by atoms with Crippen LogP contribution in [0, 0.1) is 0 Å². The number of hydrogen-bond acceptors (Lipinski definition) is 5. The van der Waals surface area contributed by atoms with Crippen LogP contribution in [0.25, 0.3) is 0 Å². The van der Waals surface area contributed by atoms with Gasteiger partial charge in [0.25, 0.3) is 0 Å². The molecule has 1 aliphatic heterocycles. The summed E-state index contributed by atoms with van der Waals surface area (Å²) in [6.45, 7) is 12.8. The molecule has 1 aromatic heterocycles. The lowest BCUT2D eigenvalue weighted by Gasteiger charge is -2.36. The molecule has 2 rings (SSSR count). The smallest absolute Gasteiger partial charge is 0.191 e. The number of thiazole rings is 1. The van der Waals surface area contributed by atoms with Gasteiger partial charge in [0.2, 0.25) is 0 Å². The van der Waals surface area contributed by atoms with E-state index in [-0.39, 0.29) is 17.4 Å². The zero-order chi connectivity index (χ0) is 17.8. The fourth-order valence-electron chi connectivity index (χ4n) is 2.34. The van der Waals surface area contributed by atoms with Gasteiger partial charge in [-0.05, 0) is 53.3 Å². The van der Waals surface area contributed by atoms with E-state index >= 15 is 0 Å². The lowest BCUT2D eigenvalue weighted by molar-refractivity contribution is -0.193. The zero-order valence-corrected chi connectivity index (χ0v) is 18.8. The highest BCUT2D eigenvalue weighted by molar-refractivity contribution is 9.11. The Labute approximate surface area is 159 Å². The van der Waals surface area contributed by atoms with Gasteiger partial charge in [0.15, 0.2) is 18.5 Å². The van der Waals surface area contributed by atoms with Gasteiger partial charge in [-0.2, -0.15) is 0 Å². The molecule has 1 fully saturated rings. The summed E-state index contributed by atoms with van der Waals surface area (Å²) in [6.07, 6.45) is 3.88. The van der Waals surface area contributed by atoms with E-state index in [4.69, 9.17) is 13.9 Å². The third kappa shape index (κ3) is 5.88. The molecule has 4 nitrogen and oxygen atoms in total. The summed E-state index contributed by atoms with van der Waals surface area (Å²) in [4.78, 5) is 4.55. The summed E-state index contributed by atoms with van der Waals surface area (Å²) in [7, 11) is -1.73. The third-order valence-corrected chi connectivity index (χ3v) is 10.8. The number of nitrogens with zero attached hydrogens (tertiary/aromatic N) is 1. The van der Waals surface area contributed by atoms with Crippen LogP contribution in [0.15, 0.2) is 9.30 Å². The van der Waals surface area contributed by atoms with Gasteiger partial charge < -0.3 is 13.9 Å². The van der Waals surface area contributed by atoms with Gasteiger partial charge in [0.05, 0.1) is 5.69 Å². The molecule has 0 N–H and O–H groups in total. The molecule has 0 aliphatic carbocycles. The summed E-state index contributed by atoms with van der Waals surface area (Å²) in [6, 6.07) is 0. The Kier molecular flexibility index (Phi) is 7.46. The van der Waals surface area contributed by atoms with Gasteiger partial charge in [-0.1, -0.05) is 20.8 Å². The van der Waals surface area contributed by atoms with Crippen molar-refractivity contribution < 1.29 is 13.9 Å². The first-order valence-corrected chi connectivity index (χ1v) is 13.3. The van der Waals surface area contributed by atoms with Crippen LogP contribution in [-0.2, 0) is 13.9 Å². The predicted molar refractivity (Wildman–Crippen MR) is 105 cm³/mol. The second-order valence-corrected chi connectivity index (χ2v) is 14.8. The number of rotatable bonds is 7. The van der Waals surface area contributed by atoms with Crippen LogP contribution < -0.4 is 0 Å². The van der Waals surface area contributed by atoms with Crippen molar-refractivity contribution in [3.05, 3.63) is 15.0 Å². The standard InChI is InChI=1S/C17H30BrNO3SSi/c1-17(2,3)24(4,5)21-11-9-14(13-12-23-16(18)19-13)22-15-8-6-7-10-20-15/h12,14-15H,6-11H2,1-5H3. The minimum Gasteiger partial charge on any atom is -0.417 e. The van der Waals surface area contributed by atoms with Crippen LogP contribution in [-0.4, -0.2) is 32.8 Å². The van der Waals surface area contributed by atoms with E-state index < -0.39 is 8.32 Å². The van der Waals surface area contributed by atoms with E-state index in [1.54, 1.807) is 11.3 Å². The van der Waals surface area contributed by atoms with Crippen molar-refractivity contribution >= 4 is 35.6 Å². The molecule has 1 aromatic rings. The fourth-order valence-corrected chi connectivity index (χ4v) is 4.46. The van der Waals surface area contributed by atoms with Crippen LogP contribution in [0.3, 0.4) is 0 Å². The molecule has 0 aromatic carbocycles. The van der Waals surface area contributed by atoms with Crippen molar-refractivity contribution in [2.45, 2.75) is 77.0 Å². The topological polar surface area (TPSA) is 40.6 Å². The molecule has 0 radical (unpaired) electrons. The van der Waals surface area contributed by atoms with Crippen molar-refractivity contribution in [1.29, 1.82) is 0 Å². The average Bonchev–Trinajstić information content (AvgIpc) is 2.92. The highest BCUT2D eigenvalue weighted by Crippen LogP contribution is 2.37. The molecule has 0 saturated carbocycles. The SMILES string of the molecule is CC(C)(C)[Si](C)(C)OCCC(OC1CCCCO1)c1csc(Br)n1. The average molecular weight is 436 g/mol. The summed E-state index contributed by atoms with van der Waals surface area (Å²) in [5.41, 5.74) is 0.972. The molecule has 2 heterocycles. The normalized spacial score (nSPS) is 21.0. The van der Waals surface area contributed by atoms with Gasteiger partial charge in [-0.3, -0.25) is 0 Å². The number of hydrogen-bond donors (Lipinski definition) is 0. The second-order valence-electron chi connectivity index (χ2n) is 7.84. The molecule has 2 atom stereocenters. The lowest BCUT2D eigenvalue weighted by Crippen LogP contribution is -2.41.